The lowest BCUT2D eigenvalue weighted by Gasteiger charge is -2.01. The molecule has 3 nitrogen and oxygen atoms in total. The zero-order valence-electron chi connectivity index (χ0n) is 9.44. The molecule has 86 valence electrons. The van der Waals surface area contributed by atoms with Crippen LogP contribution in [0.3, 0.4) is 0 Å². The normalized spacial score (nSPS) is 9.56. The molecule has 0 aromatic heterocycles. The zero-order valence-corrected chi connectivity index (χ0v) is 9.44. The Hall–Kier alpha value is -1.34. The number of benzene rings is 1. The first-order valence-electron chi connectivity index (χ1n) is 5.12. The second kappa shape index (κ2) is 8.93. The van der Waals surface area contributed by atoms with Crippen LogP contribution in [0.5, 0.6) is 0 Å². The molecular formula is C13H16O3. The van der Waals surface area contributed by atoms with Gasteiger partial charge in [0.25, 0.3) is 0 Å². The summed E-state index contributed by atoms with van der Waals surface area (Å²) in [6.45, 7) is 1.76. The second-order valence-electron chi connectivity index (χ2n) is 3.04. The highest BCUT2D eigenvalue weighted by molar-refractivity contribution is 5.33. The number of methoxy groups -OCH3 is 1. The van der Waals surface area contributed by atoms with E-state index in [1.54, 1.807) is 7.11 Å². The Morgan fingerprint density at radius 1 is 1.06 bits per heavy atom. The van der Waals surface area contributed by atoms with Gasteiger partial charge in [-0.15, -0.1) is 0 Å². The molecule has 0 unspecified atom stereocenters. The highest BCUT2D eigenvalue weighted by Gasteiger charge is 1.86. The first kappa shape index (κ1) is 12.7. The molecule has 0 spiro atoms. The molecule has 0 aliphatic rings. The molecule has 16 heavy (non-hydrogen) atoms. The molecular weight excluding hydrogens is 204 g/mol. The summed E-state index contributed by atoms with van der Waals surface area (Å²) in [5.41, 5.74) is 0.992. The molecule has 0 saturated carbocycles. The molecule has 1 rings (SSSR count). The fraction of sp³-hybridized carbons (Fsp3) is 0.385. The summed E-state index contributed by atoms with van der Waals surface area (Å²) < 4.78 is 15.1. The van der Waals surface area contributed by atoms with Crippen LogP contribution in [-0.4, -0.2) is 33.7 Å². The van der Waals surface area contributed by atoms with Crippen molar-refractivity contribution in [3.8, 4) is 11.8 Å². The van der Waals surface area contributed by atoms with Gasteiger partial charge < -0.3 is 14.2 Å². The highest BCUT2D eigenvalue weighted by atomic mass is 16.7. The van der Waals surface area contributed by atoms with E-state index in [4.69, 9.17) is 14.2 Å². The van der Waals surface area contributed by atoms with Crippen molar-refractivity contribution in [1.29, 1.82) is 0 Å². The molecule has 0 saturated heterocycles. The van der Waals surface area contributed by atoms with Gasteiger partial charge >= 0.3 is 0 Å². The van der Waals surface area contributed by atoms with Crippen LogP contribution in [0.25, 0.3) is 0 Å². The van der Waals surface area contributed by atoms with E-state index in [0.717, 1.165) is 5.56 Å². The fourth-order valence-corrected chi connectivity index (χ4v) is 1.01. The Morgan fingerprint density at radius 3 is 2.62 bits per heavy atom. The minimum absolute atomic E-state index is 0.257. The van der Waals surface area contributed by atoms with E-state index >= 15 is 0 Å². The Kier molecular flexibility index (Phi) is 7.10. The van der Waals surface area contributed by atoms with Gasteiger partial charge in [0.2, 0.25) is 0 Å². The molecule has 0 atom stereocenters. The Labute approximate surface area is 96.3 Å². The van der Waals surface area contributed by atoms with Crippen LogP contribution >= 0.6 is 0 Å². The van der Waals surface area contributed by atoms with Crippen molar-refractivity contribution in [2.24, 2.45) is 0 Å². The number of hydrogen-bond donors (Lipinski definition) is 0. The zero-order chi connectivity index (χ0) is 11.5. The van der Waals surface area contributed by atoms with Crippen molar-refractivity contribution >= 4 is 0 Å². The third kappa shape index (κ3) is 6.20. The Balaban J connectivity index is 2.05. The van der Waals surface area contributed by atoms with Gasteiger partial charge in [0.05, 0.1) is 13.2 Å². The molecule has 0 aliphatic carbocycles. The first-order chi connectivity index (χ1) is 7.93. The fourth-order valence-electron chi connectivity index (χ4n) is 1.01. The topological polar surface area (TPSA) is 27.7 Å². The van der Waals surface area contributed by atoms with Crippen molar-refractivity contribution < 1.29 is 14.2 Å². The number of hydrogen-bond acceptors (Lipinski definition) is 3. The number of rotatable bonds is 6. The van der Waals surface area contributed by atoms with Gasteiger partial charge in [-0.1, -0.05) is 30.0 Å². The van der Waals surface area contributed by atoms with E-state index in [2.05, 4.69) is 11.8 Å². The minimum atomic E-state index is 0.257. The predicted octanol–water partition coefficient (Wildman–Crippen LogP) is 1.68. The average molecular weight is 220 g/mol. The summed E-state index contributed by atoms with van der Waals surface area (Å²) in [6, 6.07) is 9.80. The lowest BCUT2D eigenvalue weighted by molar-refractivity contribution is -0.0556. The molecule has 0 radical (unpaired) electrons. The monoisotopic (exact) mass is 220 g/mol. The van der Waals surface area contributed by atoms with E-state index < -0.39 is 0 Å². The van der Waals surface area contributed by atoms with Crippen molar-refractivity contribution in [2.75, 3.05) is 33.7 Å². The van der Waals surface area contributed by atoms with Gasteiger partial charge in [0, 0.05) is 12.7 Å². The van der Waals surface area contributed by atoms with Gasteiger partial charge in [-0.25, -0.2) is 0 Å². The van der Waals surface area contributed by atoms with E-state index in [-0.39, 0.29) is 6.79 Å². The van der Waals surface area contributed by atoms with E-state index in [1.807, 2.05) is 30.3 Å². The van der Waals surface area contributed by atoms with Gasteiger partial charge in [-0.3, -0.25) is 0 Å². The molecule has 0 amide bonds. The molecule has 0 bridgehead atoms. The van der Waals surface area contributed by atoms with Crippen molar-refractivity contribution in [1.82, 2.24) is 0 Å². The minimum Gasteiger partial charge on any atom is -0.382 e. The lowest BCUT2D eigenvalue weighted by Crippen LogP contribution is -2.05. The number of ether oxygens (including phenoxy) is 3. The molecule has 0 aliphatic heterocycles. The second-order valence-corrected chi connectivity index (χ2v) is 3.04. The van der Waals surface area contributed by atoms with Gasteiger partial charge in [-0.05, 0) is 12.1 Å². The standard InChI is InChI=1S/C13H16O3/c1-14-10-11-16-12-15-9-5-8-13-6-3-2-4-7-13/h2-4,6-7H,9-12H2,1H3. The summed E-state index contributed by atoms with van der Waals surface area (Å²) in [5, 5.41) is 0. The highest BCUT2D eigenvalue weighted by Crippen LogP contribution is 1.94. The lowest BCUT2D eigenvalue weighted by atomic mass is 10.2. The SMILES string of the molecule is COCCOCOCC#Cc1ccccc1. The molecule has 1 aromatic rings. The van der Waals surface area contributed by atoms with Crippen LogP contribution < -0.4 is 0 Å². The molecule has 0 N–H and O–H groups in total. The predicted molar refractivity (Wildman–Crippen MR) is 62.0 cm³/mol. The molecule has 0 heterocycles. The third-order valence-corrected chi connectivity index (χ3v) is 1.78. The Bertz CT molecular complexity index is 324. The maximum Gasteiger partial charge on any atom is 0.148 e. The van der Waals surface area contributed by atoms with E-state index in [1.165, 1.54) is 0 Å². The summed E-state index contributed by atoms with van der Waals surface area (Å²) in [6.07, 6.45) is 0. The first-order valence-corrected chi connectivity index (χ1v) is 5.12. The smallest absolute Gasteiger partial charge is 0.148 e. The van der Waals surface area contributed by atoms with Crippen molar-refractivity contribution in [3.63, 3.8) is 0 Å². The van der Waals surface area contributed by atoms with E-state index in [0.29, 0.717) is 19.8 Å². The average Bonchev–Trinajstić information content (AvgIpc) is 2.34. The summed E-state index contributed by atoms with van der Waals surface area (Å²) in [4.78, 5) is 0. The van der Waals surface area contributed by atoms with E-state index in [9.17, 15) is 0 Å². The van der Waals surface area contributed by atoms with Crippen LogP contribution in [0.1, 0.15) is 5.56 Å². The summed E-state index contributed by atoms with van der Waals surface area (Å²) in [7, 11) is 1.63. The third-order valence-electron chi connectivity index (χ3n) is 1.78. The molecule has 0 fully saturated rings. The van der Waals surface area contributed by atoms with Crippen LogP contribution in [0, 0.1) is 11.8 Å². The Morgan fingerprint density at radius 2 is 1.88 bits per heavy atom. The summed E-state index contributed by atoms with van der Waals surface area (Å²) >= 11 is 0. The maximum absolute atomic E-state index is 5.15. The maximum atomic E-state index is 5.15. The van der Waals surface area contributed by atoms with Gasteiger partial charge in [0.1, 0.15) is 13.4 Å². The van der Waals surface area contributed by atoms with Gasteiger partial charge in [-0.2, -0.15) is 0 Å². The summed E-state index contributed by atoms with van der Waals surface area (Å²) in [5.74, 6) is 5.90. The molecule has 1 aromatic carbocycles. The van der Waals surface area contributed by atoms with Crippen molar-refractivity contribution in [2.45, 2.75) is 0 Å². The van der Waals surface area contributed by atoms with Crippen LogP contribution in [0.4, 0.5) is 0 Å². The van der Waals surface area contributed by atoms with Crippen LogP contribution in [0.2, 0.25) is 0 Å². The largest absolute Gasteiger partial charge is 0.382 e. The quantitative estimate of drug-likeness (QED) is 0.414. The van der Waals surface area contributed by atoms with Gasteiger partial charge in [0.15, 0.2) is 0 Å². The van der Waals surface area contributed by atoms with Crippen molar-refractivity contribution in [3.05, 3.63) is 35.9 Å². The molecule has 3 heteroatoms. The van der Waals surface area contributed by atoms with Crippen LogP contribution in [-0.2, 0) is 14.2 Å². The van der Waals surface area contributed by atoms with Crippen LogP contribution in [0.15, 0.2) is 30.3 Å².